The Morgan fingerprint density at radius 1 is 1.23 bits per heavy atom. The highest BCUT2D eigenvalue weighted by atomic mass is 19.1. The molecule has 1 saturated heterocycles. The molecule has 0 N–H and O–H groups in total. The summed E-state index contributed by atoms with van der Waals surface area (Å²) < 4.78 is 19.6. The molecule has 3 fully saturated rings. The van der Waals surface area contributed by atoms with Crippen molar-refractivity contribution >= 4 is 5.91 Å². The van der Waals surface area contributed by atoms with E-state index in [1.807, 2.05) is 4.90 Å². The van der Waals surface area contributed by atoms with Gasteiger partial charge in [-0.05, 0) is 42.7 Å². The fraction of sp³-hybridized carbons (Fsp3) is 0.591. The van der Waals surface area contributed by atoms with Crippen molar-refractivity contribution in [2.75, 3.05) is 13.1 Å². The van der Waals surface area contributed by atoms with E-state index in [1.54, 1.807) is 18.2 Å². The third-order valence-corrected chi connectivity index (χ3v) is 7.16. The molecule has 1 aromatic carbocycles. The number of rotatable bonds is 3. The number of likely N-dealkylation sites (tertiary alicyclic amines) is 1. The van der Waals surface area contributed by atoms with Crippen LogP contribution in [0.5, 0.6) is 5.75 Å². The maximum absolute atomic E-state index is 13.8. The van der Waals surface area contributed by atoms with Gasteiger partial charge >= 0.3 is 0 Å². The molecule has 26 heavy (non-hydrogen) atoms. The van der Waals surface area contributed by atoms with Gasteiger partial charge in [0.05, 0.1) is 5.41 Å². The maximum Gasteiger partial charge on any atom is 0.232 e. The first-order valence-corrected chi connectivity index (χ1v) is 9.75. The van der Waals surface area contributed by atoms with E-state index in [-0.39, 0.29) is 28.7 Å². The van der Waals surface area contributed by atoms with Crippen LogP contribution in [-0.2, 0) is 4.79 Å². The molecule has 2 atom stereocenters. The summed E-state index contributed by atoms with van der Waals surface area (Å²) in [5, 5.41) is 0. The Morgan fingerprint density at radius 3 is 2.54 bits per heavy atom. The molecule has 0 spiro atoms. The van der Waals surface area contributed by atoms with Gasteiger partial charge in [0.2, 0.25) is 5.91 Å². The molecule has 0 unspecified atom stereocenters. The molecule has 1 aliphatic heterocycles. The van der Waals surface area contributed by atoms with Crippen molar-refractivity contribution in [1.82, 2.24) is 4.90 Å². The molecule has 0 aromatic heterocycles. The Labute approximate surface area is 155 Å². The fourth-order valence-corrected chi connectivity index (χ4v) is 5.32. The zero-order valence-electron chi connectivity index (χ0n) is 15.8. The molecule has 2 aliphatic carbocycles. The summed E-state index contributed by atoms with van der Waals surface area (Å²) in [5.41, 5.74) is 0.865. The molecule has 140 valence electrons. The molecular formula is C22H28FNO2. The van der Waals surface area contributed by atoms with Gasteiger partial charge in [0.15, 0.2) is 11.6 Å². The van der Waals surface area contributed by atoms with Crippen LogP contribution in [0.25, 0.3) is 0 Å². The minimum atomic E-state index is -0.340. The van der Waals surface area contributed by atoms with Crippen LogP contribution in [0, 0.1) is 22.6 Å². The number of ether oxygens (including phenoxy) is 1. The summed E-state index contributed by atoms with van der Waals surface area (Å²) in [6.07, 6.45) is 4.50. The third-order valence-electron chi connectivity index (χ3n) is 7.16. The molecule has 1 amide bonds. The van der Waals surface area contributed by atoms with Gasteiger partial charge in [-0.25, -0.2) is 4.39 Å². The van der Waals surface area contributed by atoms with E-state index in [1.165, 1.54) is 6.07 Å². The second-order valence-corrected chi connectivity index (χ2v) is 8.76. The summed E-state index contributed by atoms with van der Waals surface area (Å²) in [6, 6.07) is 6.51. The molecule has 1 heterocycles. The number of benzene rings is 1. The van der Waals surface area contributed by atoms with Gasteiger partial charge in [0.1, 0.15) is 6.10 Å². The van der Waals surface area contributed by atoms with Crippen molar-refractivity contribution in [3.05, 3.63) is 42.2 Å². The molecule has 2 saturated carbocycles. The van der Waals surface area contributed by atoms with E-state index < -0.39 is 0 Å². The van der Waals surface area contributed by atoms with Gasteiger partial charge in [-0.3, -0.25) is 4.79 Å². The number of nitrogens with zero attached hydrogens (tertiary/aromatic N) is 1. The molecule has 4 heteroatoms. The average Bonchev–Trinajstić information content (AvgIpc) is 3.16. The number of hydrogen-bond donors (Lipinski definition) is 0. The van der Waals surface area contributed by atoms with Gasteiger partial charge < -0.3 is 9.64 Å². The number of fused-ring (bicyclic) bond motifs is 2. The highest BCUT2D eigenvalue weighted by molar-refractivity contribution is 5.87. The smallest absolute Gasteiger partial charge is 0.232 e. The first kappa shape index (κ1) is 17.6. The van der Waals surface area contributed by atoms with Gasteiger partial charge in [-0.2, -0.15) is 0 Å². The average molecular weight is 357 g/mol. The number of amides is 1. The highest BCUT2D eigenvalue weighted by Gasteiger charge is 2.61. The molecule has 3 nitrogen and oxygen atoms in total. The minimum Gasteiger partial charge on any atom is -0.487 e. The number of para-hydroxylation sites is 1. The fourth-order valence-electron chi connectivity index (χ4n) is 5.32. The number of carbonyl (C=O) groups is 1. The third kappa shape index (κ3) is 2.57. The topological polar surface area (TPSA) is 29.5 Å². The maximum atomic E-state index is 13.8. The quantitative estimate of drug-likeness (QED) is 0.741. The standard InChI is InChI=1S/C22H28FNO2/c1-15-21(2,3)16-8-11-22(15,14-16)20(25)24-12-9-17(10-13-24)26-19-7-5-4-6-18(19)23/h4-7,16-17H,1,8-14H2,2-3H3/t16-,22-/m1/s1. The number of hydrogen-bond acceptors (Lipinski definition) is 2. The van der Waals surface area contributed by atoms with Crippen LogP contribution in [0.4, 0.5) is 4.39 Å². The second kappa shape index (κ2) is 6.11. The first-order valence-electron chi connectivity index (χ1n) is 9.75. The lowest BCUT2D eigenvalue weighted by molar-refractivity contribution is -0.141. The predicted molar refractivity (Wildman–Crippen MR) is 99.3 cm³/mol. The highest BCUT2D eigenvalue weighted by Crippen LogP contribution is 2.66. The van der Waals surface area contributed by atoms with E-state index in [0.29, 0.717) is 24.8 Å². The first-order chi connectivity index (χ1) is 12.3. The van der Waals surface area contributed by atoms with Crippen LogP contribution in [0.15, 0.2) is 36.4 Å². The minimum absolute atomic E-state index is 0.0343. The Kier molecular flexibility index (Phi) is 4.13. The van der Waals surface area contributed by atoms with Crippen LogP contribution in [0.3, 0.4) is 0 Å². The summed E-state index contributed by atoms with van der Waals surface area (Å²) >= 11 is 0. The molecule has 0 radical (unpaired) electrons. The van der Waals surface area contributed by atoms with Gasteiger partial charge in [0, 0.05) is 25.9 Å². The van der Waals surface area contributed by atoms with Gasteiger partial charge in [0.25, 0.3) is 0 Å². The van der Waals surface area contributed by atoms with Crippen LogP contribution in [0.1, 0.15) is 46.0 Å². The van der Waals surface area contributed by atoms with E-state index in [4.69, 9.17) is 4.74 Å². The van der Waals surface area contributed by atoms with E-state index in [9.17, 15) is 9.18 Å². The van der Waals surface area contributed by atoms with Crippen molar-refractivity contribution in [3.8, 4) is 5.75 Å². The zero-order valence-corrected chi connectivity index (χ0v) is 15.8. The van der Waals surface area contributed by atoms with Gasteiger partial charge in [-0.1, -0.05) is 38.1 Å². The number of carbonyl (C=O) groups excluding carboxylic acids is 1. The second-order valence-electron chi connectivity index (χ2n) is 8.76. The van der Waals surface area contributed by atoms with Crippen molar-refractivity contribution in [2.45, 2.75) is 52.1 Å². The molecule has 4 rings (SSSR count). The zero-order chi connectivity index (χ0) is 18.5. The Bertz CT molecular complexity index is 735. The Hall–Kier alpha value is -1.84. The van der Waals surface area contributed by atoms with Crippen molar-refractivity contribution in [3.63, 3.8) is 0 Å². The molecule has 3 aliphatic rings. The molecule has 1 aromatic rings. The normalized spacial score (nSPS) is 30.7. The van der Waals surface area contributed by atoms with E-state index >= 15 is 0 Å². The van der Waals surface area contributed by atoms with E-state index in [2.05, 4.69) is 20.4 Å². The lowest BCUT2D eigenvalue weighted by Crippen LogP contribution is -2.49. The molecule has 2 bridgehead atoms. The monoisotopic (exact) mass is 357 g/mol. The van der Waals surface area contributed by atoms with Crippen LogP contribution in [0.2, 0.25) is 0 Å². The Balaban J connectivity index is 1.40. The SMILES string of the molecule is C=C1C(C)(C)[C@@H]2CC[C@@]1(C(=O)N1CCC(Oc3ccccc3F)CC1)C2. The van der Waals surface area contributed by atoms with Gasteiger partial charge in [-0.15, -0.1) is 0 Å². The van der Waals surface area contributed by atoms with E-state index in [0.717, 1.165) is 37.7 Å². The van der Waals surface area contributed by atoms with Crippen LogP contribution in [-0.4, -0.2) is 30.0 Å². The number of halogens is 1. The Morgan fingerprint density at radius 2 is 1.92 bits per heavy atom. The summed E-state index contributed by atoms with van der Waals surface area (Å²) in [4.78, 5) is 15.4. The van der Waals surface area contributed by atoms with Crippen molar-refractivity contribution in [2.24, 2.45) is 16.7 Å². The number of piperidine rings is 1. The summed E-state index contributed by atoms with van der Waals surface area (Å²) in [7, 11) is 0. The molecular weight excluding hydrogens is 329 g/mol. The van der Waals surface area contributed by atoms with Crippen LogP contribution < -0.4 is 4.74 Å². The largest absolute Gasteiger partial charge is 0.487 e. The lowest BCUT2D eigenvalue weighted by Gasteiger charge is -2.41. The predicted octanol–water partition coefficient (Wildman–Crippen LogP) is 4.58. The van der Waals surface area contributed by atoms with Crippen molar-refractivity contribution in [1.29, 1.82) is 0 Å². The summed E-state index contributed by atoms with van der Waals surface area (Å²) in [6.45, 7) is 10.2. The lowest BCUT2D eigenvalue weighted by atomic mass is 9.68. The summed E-state index contributed by atoms with van der Waals surface area (Å²) in [5.74, 6) is 0.826. The van der Waals surface area contributed by atoms with Crippen LogP contribution >= 0.6 is 0 Å². The van der Waals surface area contributed by atoms with Crippen molar-refractivity contribution < 1.29 is 13.9 Å².